The van der Waals surface area contributed by atoms with Crippen molar-refractivity contribution in [2.75, 3.05) is 53.4 Å². The highest BCUT2D eigenvalue weighted by Gasteiger charge is 2.25. The summed E-state index contributed by atoms with van der Waals surface area (Å²) in [6.45, 7) is 6.49. The van der Waals surface area contributed by atoms with Gasteiger partial charge >= 0.3 is 0 Å². The zero-order valence-electron chi connectivity index (χ0n) is 16.8. The molecule has 2 fully saturated rings. The van der Waals surface area contributed by atoms with E-state index in [0.29, 0.717) is 5.92 Å². The van der Waals surface area contributed by atoms with Crippen LogP contribution in [0.1, 0.15) is 43.9 Å². The number of nitrogens with zero attached hydrogens (tertiary/aromatic N) is 3. The molecule has 2 aliphatic rings. The highest BCUT2D eigenvalue weighted by atomic mass is 127. The minimum Gasteiger partial charge on any atom is -0.468 e. The number of furan rings is 1. The van der Waals surface area contributed by atoms with Gasteiger partial charge in [0.1, 0.15) is 5.76 Å². The van der Waals surface area contributed by atoms with Crippen molar-refractivity contribution in [1.82, 2.24) is 20.4 Å². The maximum absolute atomic E-state index is 5.73. The van der Waals surface area contributed by atoms with E-state index in [1.807, 2.05) is 13.1 Å². The third-order valence-electron chi connectivity index (χ3n) is 5.67. The molecular weight excluding hydrogens is 453 g/mol. The lowest BCUT2D eigenvalue weighted by Crippen LogP contribution is -2.46. The molecule has 2 N–H and O–H groups in total. The Morgan fingerprint density at radius 3 is 2.70 bits per heavy atom. The molecule has 2 unspecified atom stereocenters. The number of likely N-dealkylation sites (tertiary alicyclic amines) is 2. The molecule has 2 atom stereocenters. The van der Waals surface area contributed by atoms with Gasteiger partial charge in [0.2, 0.25) is 0 Å². The van der Waals surface area contributed by atoms with Crippen LogP contribution in [0, 0.1) is 5.92 Å². The van der Waals surface area contributed by atoms with Crippen LogP contribution < -0.4 is 10.6 Å². The smallest absolute Gasteiger partial charge is 0.191 e. The fourth-order valence-electron chi connectivity index (χ4n) is 4.22. The van der Waals surface area contributed by atoms with E-state index in [1.165, 1.54) is 45.2 Å². The zero-order chi connectivity index (χ0) is 18.2. The number of halogens is 1. The summed E-state index contributed by atoms with van der Waals surface area (Å²) in [6, 6.07) is 4.35. The van der Waals surface area contributed by atoms with Crippen LogP contribution in [0.15, 0.2) is 27.8 Å². The standard InChI is InChI=1S/C20H35N5O.HI/c1-21-20(22-14-17-8-6-10-24(2)16-17)23-15-18(19-9-7-13-26-19)25-11-4-3-5-12-25;/h7,9,13,17-18H,3-6,8,10-12,14-16H2,1-2H3,(H2,21,22,23);1H. The second-order valence-electron chi connectivity index (χ2n) is 7.73. The van der Waals surface area contributed by atoms with Gasteiger partial charge in [-0.05, 0) is 70.4 Å². The molecule has 0 bridgehead atoms. The molecule has 7 heteroatoms. The summed E-state index contributed by atoms with van der Waals surface area (Å²) in [5.41, 5.74) is 0. The van der Waals surface area contributed by atoms with E-state index in [0.717, 1.165) is 37.9 Å². The Morgan fingerprint density at radius 1 is 1.22 bits per heavy atom. The van der Waals surface area contributed by atoms with Crippen molar-refractivity contribution in [3.63, 3.8) is 0 Å². The summed E-state index contributed by atoms with van der Waals surface area (Å²) in [6.07, 6.45) is 8.27. The molecule has 1 aromatic rings. The number of rotatable bonds is 6. The lowest BCUT2D eigenvalue weighted by molar-refractivity contribution is 0.146. The lowest BCUT2D eigenvalue weighted by atomic mass is 9.99. The predicted octanol–water partition coefficient (Wildman–Crippen LogP) is 2.93. The first kappa shape index (κ1) is 22.5. The molecule has 6 nitrogen and oxygen atoms in total. The van der Waals surface area contributed by atoms with Gasteiger partial charge in [0.15, 0.2) is 5.96 Å². The van der Waals surface area contributed by atoms with Gasteiger partial charge in [-0.15, -0.1) is 24.0 Å². The Kier molecular flexibility index (Phi) is 9.92. The van der Waals surface area contributed by atoms with Crippen molar-refractivity contribution in [3.05, 3.63) is 24.2 Å². The molecule has 2 saturated heterocycles. The van der Waals surface area contributed by atoms with Gasteiger partial charge in [-0.1, -0.05) is 6.42 Å². The topological polar surface area (TPSA) is 56.0 Å². The van der Waals surface area contributed by atoms with E-state index < -0.39 is 0 Å². The monoisotopic (exact) mass is 489 g/mol. The molecule has 0 spiro atoms. The Bertz CT molecular complexity index is 545. The first-order valence-electron chi connectivity index (χ1n) is 10.2. The van der Waals surface area contributed by atoms with Crippen LogP contribution in [-0.2, 0) is 0 Å². The molecule has 0 amide bonds. The van der Waals surface area contributed by atoms with Crippen molar-refractivity contribution in [2.24, 2.45) is 10.9 Å². The molecule has 0 radical (unpaired) electrons. The summed E-state index contributed by atoms with van der Waals surface area (Å²) >= 11 is 0. The normalized spacial score (nSPS) is 23.5. The summed E-state index contributed by atoms with van der Waals surface area (Å²) in [4.78, 5) is 9.39. The van der Waals surface area contributed by atoms with Gasteiger partial charge in [0, 0.05) is 26.7 Å². The van der Waals surface area contributed by atoms with Crippen molar-refractivity contribution >= 4 is 29.9 Å². The zero-order valence-corrected chi connectivity index (χ0v) is 19.2. The van der Waals surface area contributed by atoms with Gasteiger partial charge in [0.05, 0.1) is 12.3 Å². The van der Waals surface area contributed by atoms with Crippen LogP contribution in [0.25, 0.3) is 0 Å². The Balaban J connectivity index is 0.00000261. The van der Waals surface area contributed by atoms with Crippen LogP contribution in [0.5, 0.6) is 0 Å². The summed E-state index contributed by atoms with van der Waals surface area (Å²) in [5.74, 6) is 2.64. The molecule has 2 aliphatic heterocycles. The lowest BCUT2D eigenvalue weighted by Gasteiger charge is -2.34. The molecule has 1 aromatic heterocycles. The average molecular weight is 489 g/mol. The van der Waals surface area contributed by atoms with Crippen molar-refractivity contribution < 1.29 is 4.42 Å². The van der Waals surface area contributed by atoms with E-state index in [9.17, 15) is 0 Å². The molecule has 154 valence electrons. The Labute approximate surface area is 181 Å². The number of aliphatic imine (C=N–C) groups is 1. The predicted molar refractivity (Wildman–Crippen MR) is 122 cm³/mol. The molecule has 3 rings (SSSR count). The number of piperidine rings is 2. The Hall–Kier alpha value is -0.800. The van der Waals surface area contributed by atoms with Gasteiger partial charge in [-0.25, -0.2) is 0 Å². The summed E-state index contributed by atoms with van der Waals surface area (Å²) in [5, 5.41) is 7.06. The average Bonchev–Trinajstić information content (AvgIpc) is 3.20. The van der Waals surface area contributed by atoms with Crippen LogP contribution in [-0.4, -0.2) is 69.1 Å². The first-order chi connectivity index (χ1) is 12.8. The van der Waals surface area contributed by atoms with Crippen molar-refractivity contribution in [3.8, 4) is 0 Å². The number of hydrogen-bond donors (Lipinski definition) is 2. The molecule has 0 aromatic carbocycles. The van der Waals surface area contributed by atoms with Gasteiger partial charge in [-0.3, -0.25) is 9.89 Å². The molecule has 3 heterocycles. The summed E-state index contributed by atoms with van der Waals surface area (Å²) in [7, 11) is 4.07. The first-order valence-corrected chi connectivity index (χ1v) is 10.2. The molecule has 27 heavy (non-hydrogen) atoms. The van der Waals surface area contributed by atoms with E-state index >= 15 is 0 Å². The third-order valence-corrected chi connectivity index (χ3v) is 5.67. The van der Waals surface area contributed by atoms with E-state index in [2.05, 4.69) is 38.5 Å². The van der Waals surface area contributed by atoms with Crippen LogP contribution >= 0.6 is 24.0 Å². The largest absolute Gasteiger partial charge is 0.468 e. The number of hydrogen-bond acceptors (Lipinski definition) is 4. The fourth-order valence-corrected chi connectivity index (χ4v) is 4.22. The Morgan fingerprint density at radius 2 is 2.04 bits per heavy atom. The SMILES string of the molecule is CN=C(NCC1CCCN(C)C1)NCC(c1ccco1)N1CCCCC1.I. The molecular formula is C20H36IN5O. The van der Waals surface area contributed by atoms with E-state index in [4.69, 9.17) is 4.42 Å². The van der Waals surface area contributed by atoms with Gasteiger partial charge < -0.3 is 20.0 Å². The minimum absolute atomic E-state index is 0. The van der Waals surface area contributed by atoms with Crippen LogP contribution in [0.3, 0.4) is 0 Å². The number of nitrogens with one attached hydrogen (secondary N) is 2. The highest BCUT2D eigenvalue weighted by molar-refractivity contribution is 14.0. The van der Waals surface area contributed by atoms with E-state index in [-0.39, 0.29) is 30.0 Å². The van der Waals surface area contributed by atoms with Gasteiger partial charge in [-0.2, -0.15) is 0 Å². The van der Waals surface area contributed by atoms with E-state index in [1.54, 1.807) is 6.26 Å². The minimum atomic E-state index is 0. The number of guanidine groups is 1. The fraction of sp³-hybridized carbons (Fsp3) is 0.750. The van der Waals surface area contributed by atoms with Crippen molar-refractivity contribution in [1.29, 1.82) is 0 Å². The summed E-state index contributed by atoms with van der Waals surface area (Å²) < 4.78 is 5.73. The quantitative estimate of drug-likeness (QED) is 0.366. The maximum Gasteiger partial charge on any atom is 0.191 e. The second kappa shape index (κ2) is 11.9. The second-order valence-corrected chi connectivity index (χ2v) is 7.73. The molecule has 0 aliphatic carbocycles. The van der Waals surface area contributed by atoms with Crippen LogP contribution in [0.4, 0.5) is 0 Å². The third kappa shape index (κ3) is 6.94. The van der Waals surface area contributed by atoms with Crippen LogP contribution in [0.2, 0.25) is 0 Å². The molecule has 0 saturated carbocycles. The highest BCUT2D eigenvalue weighted by Crippen LogP contribution is 2.24. The van der Waals surface area contributed by atoms with Crippen molar-refractivity contribution in [2.45, 2.75) is 38.1 Å². The maximum atomic E-state index is 5.73. The van der Waals surface area contributed by atoms with Gasteiger partial charge in [0.25, 0.3) is 0 Å².